The van der Waals surface area contributed by atoms with Gasteiger partial charge in [-0.1, -0.05) is 0 Å². The predicted octanol–water partition coefficient (Wildman–Crippen LogP) is 3.12. The van der Waals surface area contributed by atoms with Crippen molar-refractivity contribution in [3.63, 3.8) is 0 Å². The van der Waals surface area contributed by atoms with Crippen molar-refractivity contribution in [3.8, 4) is 0 Å². The number of hydrogen-bond acceptors (Lipinski definition) is 5. The van der Waals surface area contributed by atoms with Crippen molar-refractivity contribution in [2.24, 2.45) is 0 Å². The van der Waals surface area contributed by atoms with Gasteiger partial charge in [0, 0.05) is 37.0 Å². The lowest BCUT2D eigenvalue weighted by molar-refractivity contribution is -0.383. The molecule has 6 nitrogen and oxygen atoms in total. The summed E-state index contributed by atoms with van der Waals surface area (Å²) in [6.45, 7) is 0.700. The lowest BCUT2D eigenvalue weighted by Crippen LogP contribution is -2.45. The molecule has 1 aromatic carbocycles. The molecule has 0 bridgehead atoms. The smallest absolute Gasteiger partial charge is 0.295 e. The van der Waals surface area contributed by atoms with E-state index in [1.54, 1.807) is 25.4 Å². The van der Waals surface area contributed by atoms with Gasteiger partial charge in [-0.05, 0) is 37.5 Å². The Morgan fingerprint density at radius 2 is 2.24 bits per heavy atom. The minimum Gasteiger partial charge on any atom is -0.382 e. The van der Waals surface area contributed by atoms with Crippen molar-refractivity contribution in [1.29, 1.82) is 0 Å². The number of nitrogens with one attached hydrogen (secondary N) is 1. The summed E-state index contributed by atoms with van der Waals surface area (Å²) < 4.78 is 5.58. The van der Waals surface area contributed by atoms with Crippen molar-refractivity contribution in [3.05, 3.63) is 40.6 Å². The Hall–Kier alpha value is -2.21. The van der Waals surface area contributed by atoms with Crippen LogP contribution in [0.3, 0.4) is 0 Å². The average molecular weight is 287 g/mol. The first-order chi connectivity index (χ1) is 10.2. The molecule has 0 atom stereocenters. The van der Waals surface area contributed by atoms with Crippen molar-refractivity contribution in [2.75, 3.05) is 19.0 Å². The molecule has 0 unspecified atom stereocenters. The Labute approximate surface area is 122 Å². The maximum absolute atomic E-state index is 11.1. The molecule has 1 fully saturated rings. The minimum absolute atomic E-state index is 0.0289. The number of nitro groups is 1. The molecule has 21 heavy (non-hydrogen) atoms. The molecule has 1 aliphatic carbocycles. The highest BCUT2D eigenvalue weighted by molar-refractivity contribution is 5.96. The van der Waals surface area contributed by atoms with Crippen LogP contribution in [0.1, 0.15) is 19.3 Å². The molecule has 1 aromatic heterocycles. The largest absolute Gasteiger partial charge is 0.382 e. The zero-order valence-electron chi connectivity index (χ0n) is 11.8. The fourth-order valence-corrected chi connectivity index (χ4v) is 2.74. The van der Waals surface area contributed by atoms with E-state index in [4.69, 9.17) is 4.74 Å². The molecule has 0 saturated heterocycles. The van der Waals surface area contributed by atoms with Gasteiger partial charge in [-0.25, -0.2) is 4.98 Å². The summed E-state index contributed by atoms with van der Waals surface area (Å²) in [7, 11) is 1.73. The maximum atomic E-state index is 11.1. The number of fused-ring (bicyclic) bond motifs is 1. The van der Waals surface area contributed by atoms with Crippen LogP contribution < -0.4 is 5.32 Å². The molecule has 1 saturated carbocycles. The van der Waals surface area contributed by atoms with Crippen molar-refractivity contribution >= 4 is 22.3 Å². The van der Waals surface area contributed by atoms with Crippen LogP contribution in [-0.4, -0.2) is 29.2 Å². The van der Waals surface area contributed by atoms with Crippen LogP contribution in [0.25, 0.3) is 10.9 Å². The number of aromatic nitrogens is 1. The first kappa shape index (κ1) is 13.8. The number of methoxy groups -OCH3 is 1. The molecule has 1 aliphatic rings. The quantitative estimate of drug-likeness (QED) is 0.675. The molecule has 1 N–H and O–H groups in total. The van der Waals surface area contributed by atoms with E-state index in [2.05, 4.69) is 10.3 Å². The van der Waals surface area contributed by atoms with Gasteiger partial charge in [0.05, 0.1) is 10.5 Å². The number of rotatable bonds is 5. The second-order valence-electron chi connectivity index (χ2n) is 5.38. The fourth-order valence-electron chi connectivity index (χ4n) is 2.74. The van der Waals surface area contributed by atoms with Gasteiger partial charge >= 0.3 is 0 Å². The van der Waals surface area contributed by atoms with Gasteiger partial charge in [-0.2, -0.15) is 0 Å². The van der Waals surface area contributed by atoms with Gasteiger partial charge in [0.15, 0.2) is 0 Å². The molecule has 1 heterocycles. The van der Waals surface area contributed by atoms with E-state index in [1.165, 1.54) is 12.5 Å². The monoisotopic (exact) mass is 287 g/mol. The molecule has 0 spiro atoms. The van der Waals surface area contributed by atoms with E-state index >= 15 is 0 Å². The van der Waals surface area contributed by atoms with Crippen molar-refractivity contribution < 1.29 is 9.66 Å². The van der Waals surface area contributed by atoms with Crippen molar-refractivity contribution in [2.45, 2.75) is 24.9 Å². The highest BCUT2D eigenvalue weighted by Gasteiger charge is 2.36. The molecule has 0 aliphatic heterocycles. The summed E-state index contributed by atoms with van der Waals surface area (Å²) in [6.07, 6.45) is 4.83. The minimum atomic E-state index is -0.401. The second kappa shape index (κ2) is 5.29. The standard InChI is InChI=1S/C15H17N3O3/c1-21-15(7-3-8-15)10-17-12-5-6-13(18(19)20)14-11(12)4-2-9-16-14/h2,4-6,9,17H,3,7-8,10H2,1H3. The van der Waals surface area contributed by atoms with Gasteiger partial charge in [0.1, 0.15) is 5.52 Å². The highest BCUT2D eigenvalue weighted by Crippen LogP contribution is 2.36. The lowest BCUT2D eigenvalue weighted by atomic mass is 9.80. The number of anilines is 1. The number of ether oxygens (including phenoxy) is 1. The summed E-state index contributed by atoms with van der Waals surface area (Å²) in [6, 6.07) is 6.87. The van der Waals surface area contributed by atoms with E-state index in [1.807, 2.05) is 6.07 Å². The van der Waals surface area contributed by atoms with Gasteiger partial charge < -0.3 is 10.1 Å². The zero-order valence-corrected chi connectivity index (χ0v) is 11.8. The molecular weight excluding hydrogens is 270 g/mol. The number of pyridine rings is 1. The Morgan fingerprint density at radius 3 is 2.86 bits per heavy atom. The van der Waals surface area contributed by atoms with E-state index in [-0.39, 0.29) is 11.3 Å². The van der Waals surface area contributed by atoms with Gasteiger partial charge in [0.2, 0.25) is 0 Å². The molecule has 2 aromatic rings. The predicted molar refractivity (Wildman–Crippen MR) is 80.5 cm³/mol. The number of hydrogen-bond donors (Lipinski definition) is 1. The number of nitro benzene ring substituents is 1. The van der Waals surface area contributed by atoms with Gasteiger partial charge in [-0.3, -0.25) is 10.1 Å². The Kier molecular flexibility index (Phi) is 3.47. The zero-order chi connectivity index (χ0) is 14.9. The van der Waals surface area contributed by atoms with Crippen LogP contribution in [0, 0.1) is 10.1 Å². The molecule has 0 radical (unpaired) electrons. The van der Waals surface area contributed by atoms with Gasteiger partial charge in [-0.15, -0.1) is 0 Å². The molecule has 6 heteroatoms. The summed E-state index contributed by atoms with van der Waals surface area (Å²) in [4.78, 5) is 14.8. The number of benzene rings is 1. The van der Waals surface area contributed by atoms with Gasteiger partial charge in [0.25, 0.3) is 5.69 Å². The SMILES string of the molecule is COC1(CNc2ccc([N+](=O)[O-])c3ncccc23)CCC1. The molecule has 110 valence electrons. The third-order valence-electron chi connectivity index (χ3n) is 4.24. The Morgan fingerprint density at radius 1 is 1.43 bits per heavy atom. The number of nitrogens with zero attached hydrogens (tertiary/aromatic N) is 2. The first-order valence-electron chi connectivity index (χ1n) is 6.96. The normalized spacial score (nSPS) is 16.4. The summed E-state index contributed by atoms with van der Waals surface area (Å²) in [5.74, 6) is 0. The van der Waals surface area contributed by atoms with Crippen LogP contribution in [0.2, 0.25) is 0 Å². The van der Waals surface area contributed by atoms with Crippen LogP contribution in [0.15, 0.2) is 30.5 Å². The van der Waals surface area contributed by atoms with Crippen molar-refractivity contribution in [1.82, 2.24) is 4.98 Å². The average Bonchev–Trinajstić information content (AvgIpc) is 2.46. The lowest BCUT2D eigenvalue weighted by Gasteiger charge is -2.40. The maximum Gasteiger partial charge on any atom is 0.295 e. The number of non-ortho nitro benzene ring substituents is 1. The highest BCUT2D eigenvalue weighted by atomic mass is 16.6. The first-order valence-corrected chi connectivity index (χ1v) is 6.96. The molecular formula is C15H17N3O3. The molecule has 3 rings (SSSR count). The fraction of sp³-hybridized carbons (Fsp3) is 0.400. The van der Waals surface area contributed by atoms with Crippen LogP contribution in [-0.2, 0) is 4.74 Å². The third-order valence-corrected chi connectivity index (χ3v) is 4.24. The van der Waals surface area contributed by atoms with Crippen LogP contribution in [0.4, 0.5) is 11.4 Å². The topological polar surface area (TPSA) is 77.3 Å². The van der Waals surface area contributed by atoms with E-state index in [9.17, 15) is 10.1 Å². The Bertz CT molecular complexity index is 677. The Balaban J connectivity index is 1.93. The summed E-state index contributed by atoms with van der Waals surface area (Å²) in [5, 5.41) is 15.2. The third kappa shape index (κ3) is 2.42. The van der Waals surface area contributed by atoms with E-state index in [0.29, 0.717) is 12.1 Å². The van der Waals surface area contributed by atoms with E-state index < -0.39 is 4.92 Å². The second-order valence-corrected chi connectivity index (χ2v) is 5.38. The van der Waals surface area contributed by atoms with Crippen LogP contribution >= 0.6 is 0 Å². The summed E-state index contributed by atoms with van der Waals surface area (Å²) >= 11 is 0. The van der Waals surface area contributed by atoms with Crippen LogP contribution in [0.5, 0.6) is 0 Å². The van der Waals surface area contributed by atoms with E-state index in [0.717, 1.165) is 23.9 Å². The summed E-state index contributed by atoms with van der Waals surface area (Å²) in [5.41, 5.74) is 1.19. The molecule has 0 amide bonds.